The van der Waals surface area contributed by atoms with Crippen LogP contribution in [0.25, 0.3) is 0 Å². The summed E-state index contributed by atoms with van der Waals surface area (Å²) in [6.07, 6.45) is 3.57. The summed E-state index contributed by atoms with van der Waals surface area (Å²) in [6, 6.07) is 5.31. The third-order valence-corrected chi connectivity index (χ3v) is 4.87. The molecule has 1 heterocycles. The number of nitrogens with zero attached hydrogens (tertiary/aromatic N) is 2. The number of aromatic nitrogens is 1. The third kappa shape index (κ3) is 8.72. The fraction of sp³-hybridized carbons (Fsp3) is 0.647. The maximum absolute atomic E-state index is 11.8. The number of aryl methyl sites for hydroxylation is 1. The van der Waals surface area contributed by atoms with E-state index in [0.29, 0.717) is 18.9 Å². The summed E-state index contributed by atoms with van der Waals surface area (Å²) in [6.45, 7) is 5.30. The first kappa shape index (κ1) is 21.2. The zero-order chi connectivity index (χ0) is 18.9. The topological polar surface area (TPSA) is 92.6 Å². The van der Waals surface area contributed by atoms with E-state index in [1.165, 1.54) is 6.26 Å². The third-order valence-electron chi connectivity index (χ3n) is 3.90. The Balaban J connectivity index is 2.30. The monoisotopic (exact) mass is 370 g/mol. The van der Waals surface area contributed by atoms with Gasteiger partial charge in [-0.2, -0.15) is 0 Å². The van der Waals surface area contributed by atoms with Gasteiger partial charge in [0, 0.05) is 44.2 Å². The van der Waals surface area contributed by atoms with Crippen LogP contribution in [-0.2, 0) is 16.4 Å². The summed E-state index contributed by atoms with van der Waals surface area (Å²) in [7, 11) is -1.26. The highest BCUT2D eigenvalue weighted by Gasteiger charge is 2.09. The van der Waals surface area contributed by atoms with Crippen molar-refractivity contribution in [1.82, 2.24) is 15.2 Å². The van der Waals surface area contributed by atoms with Crippen LogP contribution in [0.15, 0.2) is 28.0 Å². The lowest BCUT2D eigenvalue weighted by Gasteiger charge is -2.17. The average Bonchev–Trinajstić information content (AvgIpc) is 2.53. The molecule has 0 aliphatic heterocycles. The van der Waals surface area contributed by atoms with Gasteiger partial charge in [0.1, 0.15) is 9.84 Å². The van der Waals surface area contributed by atoms with Crippen molar-refractivity contribution < 1.29 is 8.42 Å². The van der Waals surface area contributed by atoms with Crippen molar-refractivity contribution >= 4 is 15.8 Å². The molecule has 8 heteroatoms. The molecule has 1 rings (SSSR count). The van der Waals surface area contributed by atoms with Crippen LogP contribution in [0.4, 0.5) is 0 Å². The lowest BCUT2D eigenvalue weighted by molar-refractivity contribution is 0.565. The van der Waals surface area contributed by atoms with Gasteiger partial charge in [0.2, 0.25) is 0 Å². The van der Waals surface area contributed by atoms with E-state index in [4.69, 9.17) is 0 Å². The predicted octanol–water partition coefficient (Wildman–Crippen LogP) is 0.925. The van der Waals surface area contributed by atoms with Crippen LogP contribution in [0.5, 0.6) is 0 Å². The van der Waals surface area contributed by atoms with Crippen molar-refractivity contribution in [3.05, 3.63) is 34.2 Å². The van der Waals surface area contributed by atoms with Crippen molar-refractivity contribution in [3.63, 3.8) is 0 Å². The van der Waals surface area contributed by atoms with Crippen LogP contribution in [0.2, 0.25) is 0 Å². The molecule has 7 nitrogen and oxygen atoms in total. The van der Waals surface area contributed by atoms with E-state index in [2.05, 4.69) is 15.6 Å². The molecule has 0 bridgehead atoms. The van der Waals surface area contributed by atoms with E-state index in [1.54, 1.807) is 23.7 Å². The Bertz CT molecular complexity index is 726. The second-order valence-corrected chi connectivity index (χ2v) is 8.59. The van der Waals surface area contributed by atoms with Gasteiger partial charge in [-0.25, -0.2) is 8.42 Å². The van der Waals surface area contributed by atoms with E-state index >= 15 is 0 Å². The largest absolute Gasteiger partial charge is 0.356 e. The molecule has 0 aliphatic rings. The number of hydrogen-bond donors (Lipinski definition) is 2. The molecule has 1 aromatic heterocycles. The summed E-state index contributed by atoms with van der Waals surface area (Å²) in [5.74, 6) is 0.817. The number of unbranched alkanes of at least 4 members (excludes halogenated alkanes) is 1. The van der Waals surface area contributed by atoms with Crippen molar-refractivity contribution in [3.8, 4) is 0 Å². The lowest BCUT2D eigenvalue weighted by atomic mass is 10.2. The molecule has 0 amide bonds. The second kappa shape index (κ2) is 10.2. The Morgan fingerprint density at radius 2 is 2.04 bits per heavy atom. The highest BCUT2D eigenvalue weighted by molar-refractivity contribution is 7.90. The maximum atomic E-state index is 11.8. The van der Waals surface area contributed by atoms with E-state index in [0.717, 1.165) is 25.1 Å². The molecule has 0 saturated heterocycles. The molecule has 2 N–H and O–H groups in total. The Morgan fingerprint density at radius 3 is 2.64 bits per heavy atom. The van der Waals surface area contributed by atoms with Gasteiger partial charge in [-0.05, 0) is 39.2 Å². The molecule has 0 aliphatic carbocycles. The first-order valence-corrected chi connectivity index (χ1v) is 10.6. The summed E-state index contributed by atoms with van der Waals surface area (Å²) in [5.41, 5.74) is 1.00. The lowest BCUT2D eigenvalue weighted by Crippen LogP contribution is -2.43. The summed E-state index contributed by atoms with van der Waals surface area (Å²) in [4.78, 5) is 15.9. The number of sulfone groups is 1. The fourth-order valence-electron chi connectivity index (χ4n) is 2.40. The molecule has 1 unspecified atom stereocenters. The Kier molecular flexibility index (Phi) is 8.68. The van der Waals surface area contributed by atoms with E-state index in [1.807, 2.05) is 19.9 Å². The Labute approximate surface area is 150 Å². The normalized spacial score (nSPS) is 13.5. The zero-order valence-corrected chi connectivity index (χ0v) is 16.4. The highest BCUT2D eigenvalue weighted by atomic mass is 32.2. The molecule has 0 radical (unpaired) electrons. The van der Waals surface area contributed by atoms with Gasteiger partial charge in [0.15, 0.2) is 5.96 Å². The number of guanidine groups is 1. The molecule has 0 saturated carbocycles. The van der Waals surface area contributed by atoms with E-state index in [9.17, 15) is 13.2 Å². The van der Waals surface area contributed by atoms with Crippen molar-refractivity contribution in [2.45, 2.75) is 45.7 Å². The molecule has 142 valence electrons. The van der Waals surface area contributed by atoms with Gasteiger partial charge in [-0.3, -0.25) is 9.79 Å². The second-order valence-electron chi connectivity index (χ2n) is 6.33. The smallest absolute Gasteiger partial charge is 0.250 e. The number of hydrogen-bond acceptors (Lipinski definition) is 4. The quantitative estimate of drug-likeness (QED) is 0.383. The first-order valence-electron chi connectivity index (χ1n) is 8.54. The van der Waals surface area contributed by atoms with Crippen molar-refractivity contribution in [2.75, 3.05) is 25.6 Å². The van der Waals surface area contributed by atoms with Gasteiger partial charge in [0.25, 0.3) is 5.56 Å². The Hall–Kier alpha value is -1.83. The van der Waals surface area contributed by atoms with Gasteiger partial charge in [-0.1, -0.05) is 6.07 Å². The van der Waals surface area contributed by atoms with Gasteiger partial charge in [-0.15, -0.1) is 0 Å². The highest BCUT2D eigenvalue weighted by Crippen LogP contribution is 1.98. The number of aliphatic imine (C=N–C) groups is 1. The predicted molar refractivity (Wildman–Crippen MR) is 103 cm³/mol. The molecule has 0 fully saturated rings. The summed E-state index contributed by atoms with van der Waals surface area (Å²) < 4.78 is 24.2. The summed E-state index contributed by atoms with van der Waals surface area (Å²) in [5, 5.41) is 6.40. The van der Waals surface area contributed by atoms with E-state index in [-0.39, 0.29) is 17.4 Å². The average molecular weight is 371 g/mol. The van der Waals surface area contributed by atoms with Crippen LogP contribution in [-0.4, -0.2) is 50.6 Å². The minimum absolute atomic E-state index is 0.0199. The SMILES string of the molecule is CN=C(NCCCCn1c(C)cccc1=O)NC(C)CCS(C)(=O)=O. The zero-order valence-electron chi connectivity index (χ0n) is 15.6. The van der Waals surface area contributed by atoms with Crippen LogP contribution in [0, 0.1) is 6.92 Å². The standard InChI is InChI=1S/C17H30N4O3S/c1-14(10-13-25(4,23)24)20-17(18-3)19-11-5-6-12-21-15(2)8-7-9-16(21)22/h7-9,14H,5-6,10-13H2,1-4H3,(H2,18,19,20). The number of nitrogens with one attached hydrogen (secondary N) is 2. The Morgan fingerprint density at radius 1 is 1.32 bits per heavy atom. The minimum atomic E-state index is -2.95. The molecular formula is C17H30N4O3S. The van der Waals surface area contributed by atoms with E-state index < -0.39 is 9.84 Å². The van der Waals surface area contributed by atoms with Gasteiger partial charge < -0.3 is 15.2 Å². The van der Waals surface area contributed by atoms with Crippen LogP contribution in [0.1, 0.15) is 31.9 Å². The maximum Gasteiger partial charge on any atom is 0.250 e. The number of rotatable bonds is 9. The number of pyridine rings is 1. The minimum Gasteiger partial charge on any atom is -0.356 e. The molecule has 0 spiro atoms. The first-order chi connectivity index (χ1) is 11.7. The van der Waals surface area contributed by atoms with Crippen LogP contribution < -0.4 is 16.2 Å². The molecule has 25 heavy (non-hydrogen) atoms. The molecule has 1 aromatic rings. The molecule has 0 aromatic carbocycles. The van der Waals surface area contributed by atoms with Crippen LogP contribution in [0.3, 0.4) is 0 Å². The fourth-order valence-corrected chi connectivity index (χ4v) is 3.18. The molecular weight excluding hydrogens is 340 g/mol. The van der Waals surface area contributed by atoms with Crippen molar-refractivity contribution in [2.24, 2.45) is 4.99 Å². The van der Waals surface area contributed by atoms with Crippen molar-refractivity contribution in [1.29, 1.82) is 0 Å². The van der Waals surface area contributed by atoms with Gasteiger partial charge in [0.05, 0.1) is 5.75 Å². The van der Waals surface area contributed by atoms with Crippen LogP contribution >= 0.6 is 0 Å². The van der Waals surface area contributed by atoms with Gasteiger partial charge >= 0.3 is 0 Å². The molecule has 1 atom stereocenters. The summed E-state index contributed by atoms with van der Waals surface area (Å²) >= 11 is 0.